The van der Waals surface area contributed by atoms with Gasteiger partial charge in [0.1, 0.15) is 0 Å². The van der Waals surface area contributed by atoms with Crippen molar-refractivity contribution in [3.63, 3.8) is 0 Å². The lowest BCUT2D eigenvalue weighted by atomic mass is 9.87. The first-order valence-corrected chi connectivity index (χ1v) is 12.4. The second-order valence-electron chi connectivity index (χ2n) is 10.4. The highest BCUT2D eigenvalue weighted by molar-refractivity contribution is 5.92. The molecule has 0 saturated carbocycles. The number of nitrogens with one attached hydrogen (secondary N) is 1. The van der Waals surface area contributed by atoms with Crippen LogP contribution in [-0.2, 0) is 18.9 Å². The highest BCUT2D eigenvalue weighted by Crippen LogP contribution is 2.36. The van der Waals surface area contributed by atoms with Gasteiger partial charge in [-0.25, -0.2) is 9.97 Å². The zero-order chi connectivity index (χ0) is 25.3. The van der Waals surface area contributed by atoms with Crippen molar-refractivity contribution in [1.82, 2.24) is 29.9 Å². The molecule has 1 aliphatic rings. The second kappa shape index (κ2) is 9.64. The molecular weight excluding hydrogens is 454 g/mol. The third kappa shape index (κ3) is 5.19. The summed E-state index contributed by atoms with van der Waals surface area (Å²) in [6, 6.07) is 8.36. The predicted molar refractivity (Wildman–Crippen MR) is 136 cm³/mol. The minimum absolute atomic E-state index is 0.0955. The second-order valence-corrected chi connectivity index (χ2v) is 10.4. The molecule has 4 aromatic rings. The number of fused-ring (bicyclic) bond motifs is 1. The maximum absolute atomic E-state index is 13.0. The number of carbonyl (C=O) groups excluding carboxylic acids is 1. The first-order valence-electron chi connectivity index (χ1n) is 12.4. The van der Waals surface area contributed by atoms with Crippen molar-refractivity contribution in [3.8, 4) is 11.3 Å². The lowest BCUT2D eigenvalue weighted by molar-refractivity contribution is 0.0935. The molecule has 5 rings (SSSR count). The van der Waals surface area contributed by atoms with Gasteiger partial charge in [0.05, 0.1) is 17.6 Å². The molecule has 3 aromatic heterocycles. The Morgan fingerprint density at radius 1 is 1.19 bits per heavy atom. The Morgan fingerprint density at radius 2 is 2.06 bits per heavy atom. The Kier molecular flexibility index (Phi) is 6.38. The number of hydrogen-bond donors (Lipinski definition) is 1. The number of anilines is 2. The normalized spacial score (nSPS) is 15.8. The maximum Gasteiger partial charge on any atom is 0.284 e. The number of aryl methyl sites for hydroxylation is 2. The Hall–Kier alpha value is -3.88. The van der Waals surface area contributed by atoms with Gasteiger partial charge in [0.2, 0.25) is 17.6 Å². The maximum atomic E-state index is 13.0. The summed E-state index contributed by atoms with van der Waals surface area (Å²) in [6.07, 6.45) is 9.84. The number of aromatic nitrogens is 6. The van der Waals surface area contributed by atoms with Gasteiger partial charge in [-0.1, -0.05) is 39.3 Å². The molecule has 1 aromatic carbocycles. The molecule has 1 atom stereocenters. The van der Waals surface area contributed by atoms with Crippen molar-refractivity contribution in [2.45, 2.75) is 64.2 Å². The standard InChI is InChI=1S/C27H31N7O2/c1-27(2,3)25-33-32-24(36-25)23(35)14-18-8-6-5-7-17-13-19(9-10-21(17)18)22-11-12-28-26(31-22)30-20-15-29-34(4)16-20/h9-13,15-16,18H,5-8,14H2,1-4H3,(H,28,30,31). The highest BCUT2D eigenvalue weighted by atomic mass is 16.4. The van der Waals surface area contributed by atoms with Crippen molar-refractivity contribution in [2.75, 3.05) is 5.32 Å². The summed E-state index contributed by atoms with van der Waals surface area (Å²) in [5.74, 6) is 1.15. The topological polar surface area (TPSA) is 112 Å². The molecule has 0 aliphatic heterocycles. The van der Waals surface area contributed by atoms with Gasteiger partial charge >= 0.3 is 0 Å². The monoisotopic (exact) mass is 485 g/mol. The van der Waals surface area contributed by atoms with E-state index < -0.39 is 0 Å². The van der Waals surface area contributed by atoms with Gasteiger partial charge in [-0.2, -0.15) is 5.10 Å². The number of benzene rings is 1. The van der Waals surface area contributed by atoms with E-state index in [1.807, 2.05) is 40.1 Å². The van der Waals surface area contributed by atoms with Crippen LogP contribution in [0.15, 0.2) is 47.3 Å². The lowest BCUT2D eigenvalue weighted by Crippen LogP contribution is -2.11. The smallest absolute Gasteiger partial charge is 0.284 e. The van der Waals surface area contributed by atoms with E-state index >= 15 is 0 Å². The van der Waals surface area contributed by atoms with Crippen molar-refractivity contribution in [1.29, 1.82) is 0 Å². The molecule has 0 amide bonds. The van der Waals surface area contributed by atoms with Crippen LogP contribution in [0.3, 0.4) is 0 Å². The van der Waals surface area contributed by atoms with Gasteiger partial charge in [-0.05, 0) is 48.4 Å². The quantitative estimate of drug-likeness (QED) is 0.286. The Balaban J connectivity index is 1.36. The number of hydrogen-bond acceptors (Lipinski definition) is 8. The summed E-state index contributed by atoms with van der Waals surface area (Å²) in [5, 5.41) is 15.5. The molecule has 0 saturated heterocycles. The summed E-state index contributed by atoms with van der Waals surface area (Å²) < 4.78 is 7.43. The number of nitrogens with zero attached hydrogens (tertiary/aromatic N) is 6. The molecule has 36 heavy (non-hydrogen) atoms. The zero-order valence-electron chi connectivity index (χ0n) is 21.2. The average molecular weight is 486 g/mol. The molecule has 0 fully saturated rings. The SMILES string of the molecule is Cn1cc(Nc2nccc(-c3ccc4c(c3)CCCCC4CC(=O)c3nnc(C(C)(C)C)o3)n2)cn1. The molecule has 1 N–H and O–H groups in total. The Labute approximate surface area is 210 Å². The minimum Gasteiger partial charge on any atom is -0.418 e. The summed E-state index contributed by atoms with van der Waals surface area (Å²) in [6.45, 7) is 5.97. The summed E-state index contributed by atoms with van der Waals surface area (Å²) in [4.78, 5) is 22.1. The zero-order valence-corrected chi connectivity index (χ0v) is 21.2. The fourth-order valence-corrected chi connectivity index (χ4v) is 4.60. The summed E-state index contributed by atoms with van der Waals surface area (Å²) >= 11 is 0. The number of Topliss-reactive ketones (excluding diaryl/α,β-unsaturated/α-hetero) is 1. The van der Waals surface area contributed by atoms with E-state index in [4.69, 9.17) is 9.40 Å². The molecule has 186 valence electrons. The average Bonchev–Trinajstić information content (AvgIpc) is 3.46. The van der Waals surface area contributed by atoms with Crippen LogP contribution in [0.4, 0.5) is 11.6 Å². The molecule has 1 unspecified atom stereocenters. The van der Waals surface area contributed by atoms with Gasteiger partial charge < -0.3 is 9.73 Å². The van der Waals surface area contributed by atoms with Crippen molar-refractivity contribution >= 4 is 17.4 Å². The number of ketones is 1. The van der Waals surface area contributed by atoms with Crippen LogP contribution >= 0.6 is 0 Å². The third-order valence-corrected chi connectivity index (χ3v) is 6.48. The Morgan fingerprint density at radius 3 is 2.81 bits per heavy atom. The number of carbonyl (C=O) groups is 1. The molecule has 0 bridgehead atoms. The Bertz CT molecular complexity index is 1380. The van der Waals surface area contributed by atoms with Gasteiger partial charge in [0.25, 0.3) is 5.89 Å². The van der Waals surface area contributed by atoms with E-state index in [1.165, 1.54) is 11.1 Å². The fraction of sp³-hybridized carbons (Fsp3) is 0.407. The van der Waals surface area contributed by atoms with E-state index in [1.54, 1.807) is 17.1 Å². The first-order chi connectivity index (χ1) is 17.3. The molecule has 9 heteroatoms. The van der Waals surface area contributed by atoms with Gasteiger partial charge in [-0.3, -0.25) is 9.48 Å². The van der Waals surface area contributed by atoms with Crippen LogP contribution in [0.2, 0.25) is 0 Å². The van der Waals surface area contributed by atoms with Crippen LogP contribution in [0, 0.1) is 0 Å². The van der Waals surface area contributed by atoms with E-state index in [0.29, 0.717) is 18.3 Å². The van der Waals surface area contributed by atoms with E-state index in [-0.39, 0.29) is 23.0 Å². The van der Waals surface area contributed by atoms with E-state index in [9.17, 15) is 4.79 Å². The highest BCUT2D eigenvalue weighted by Gasteiger charge is 2.27. The molecular formula is C27H31N7O2. The van der Waals surface area contributed by atoms with E-state index in [0.717, 1.165) is 42.6 Å². The van der Waals surface area contributed by atoms with Crippen molar-refractivity contribution in [3.05, 3.63) is 65.8 Å². The van der Waals surface area contributed by atoms with Gasteiger partial charge in [0, 0.05) is 36.8 Å². The molecule has 3 heterocycles. The molecule has 0 radical (unpaired) electrons. The molecule has 9 nitrogen and oxygen atoms in total. The van der Waals surface area contributed by atoms with E-state index in [2.05, 4.69) is 43.8 Å². The van der Waals surface area contributed by atoms with Gasteiger partial charge in [-0.15, -0.1) is 10.2 Å². The third-order valence-electron chi connectivity index (χ3n) is 6.48. The molecule has 1 aliphatic carbocycles. The minimum atomic E-state index is -0.286. The number of rotatable bonds is 6. The first kappa shape index (κ1) is 23.8. The summed E-state index contributed by atoms with van der Waals surface area (Å²) in [5.41, 5.74) is 4.92. The fourth-order valence-electron chi connectivity index (χ4n) is 4.60. The largest absolute Gasteiger partial charge is 0.418 e. The van der Waals surface area contributed by atoms with Crippen molar-refractivity contribution in [2.24, 2.45) is 7.05 Å². The van der Waals surface area contributed by atoms with Crippen LogP contribution < -0.4 is 5.32 Å². The lowest BCUT2D eigenvalue weighted by Gasteiger charge is -2.17. The van der Waals surface area contributed by atoms with Crippen molar-refractivity contribution < 1.29 is 9.21 Å². The molecule has 0 spiro atoms. The van der Waals surface area contributed by atoms with Crippen LogP contribution in [0.5, 0.6) is 0 Å². The van der Waals surface area contributed by atoms with Gasteiger partial charge in [0.15, 0.2) is 0 Å². The van der Waals surface area contributed by atoms with Crippen LogP contribution in [-0.4, -0.2) is 35.7 Å². The summed E-state index contributed by atoms with van der Waals surface area (Å²) in [7, 11) is 1.87. The van der Waals surface area contributed by atoms with Crippen LogP contribution in [0.1, 0.15) is 80.1 Å². The predicted octanol–water partition coefficient (Wildman–Crippen LogP) is 5.38. The van der Waals surface area contributed by atoms with Crippen LogP contribution in [0.25, 0.3) is 11.3 Å².